The molecule has 1 saturated heterocycles. The van der Waals surface area contributed by atoms with Crippen molar-refractivity contribution >= 4 is 0 Å². The van der Waals surface area contributed by atoms with Gasteiger partial charge in [-0.3, -0.25) is 0 Å². The number of methoxy groups -OCH3 is 1. The van der Waals surface area contributed by atoms with E-state index in [9.17, 15) is 0 Å². The molecule has 0 amide bonds. The molecule has 0 unspecified atom stereocenters. The Hall–Kier alpha value is -1.85. The largest absolute Gasteiger partial charge is 0.497 e. The van der Waals surface area contributed by atoms with E-state index in [0.29, 0.717) is 18.4 Å². The van der Waals surface area contributed by atoms with Crippen LogP contribution in [0.15, 0.2) is 43.0 Å². The third-order valence-corrected chi connectivity index (χ3v) is 6.44. The van der Waals surface area contributed by atoms with E-state index in [2.05, 4.69) is 44.8 Å². The number of nitrogens with zero attached hydrogens (tertiary/aromatic N) is 2. The van der Waals surface area contributed by atoms with Crippen LogP contribution in [0.3, 0.4) is 0 Å². The van der Waals surface area contributed by atoms with Gasteiger partial charge in [0.25, 0.3) is 0 Å². The van der Waals surface area contributed by atoms with Crippen LogP contribution in [0.2, 0.25) is 0 Å². The lowest BCUT2D eigenvalue weighted by Crippen LogP contribution is -2.55. The van der Waals surface area contributed by atoms with Crippen LogP contribution in [0.4, 0.5) is 0 Å². The quantitative estimate of drug-likeness (QED) is 0.667. The third kappa shape index (κ3) is 4.41. The van der Waals surface area contributed by atoms with Crippen molar-refractivity contribution in [1.29, 1.82) is 0 Å². The maximum absolute atomic E-state index is 6.55. The molecule has 1 fully saturated rings. The summed E-state index contributed by atoms with van der Waals surface area (Å²) < 4.78 is 20.4. The summed E-state index contributed by atoms with van der Waals surface area (Å²) in [5, 5.41) is 0. The van der Waals surface area contributed by atoms with Crippen LogP contribution < -0.4 is 4.74 Å². The summed E-state index contributed by atoms with van der Waals surface area (Å²) in [6, 6.07) is 8.23. The summed E-state index contributed by atoms with van der Waals surface area (Å²) in [7, 11) is 1.69. The second kappa shape index (κ2) is 8.66. The van der Waals surface area contributed by atoms with Crippen molar-refractivity contribution in [2.75, 3.05) is 20.3 Å². The predicted molar refractivity (Wildman–Crippen MR) is 110 cm³/mol. The van der Waals surface area contributed by atoms with Crippen LogP contribution in [0, 0.1) is 17.3 Å². The van der Waals surface area contributed by atoms with E-state index in [1.165, 1.54) is 5.56 Å². The molecule has 1 aromatic heterocycles. The normalized spacial score (nSPS) is 18.5. The highest BCUT2D eigenvalue weighted by atomic mass is 16.7. The van der Waals surface area contributed by atoms with Crippen LogP contribution >= 0.6 is 0 Å². The highest BCUT2D eigenvalue weighted by Crippen LogP contribution is 2.43. The Bertz CT molecular complexity index is 705. The minimum Gasteiger partial charge on any atom is -0.497 e. The molecule has 0 saturated carbocycles. The summed E-state index contributed by atoms with van der Waals surface area (Å²) in [5.41, 5.74) is 1.31. The molecule has 1 aliphatic heterocycles. The number of benzene rings is 1. The molecular formula is C23H34N2O3. The molecule has 0 spiro atoms. The Morgan fingerprint density at radius 2 is 1.71 bits per heavy atom. The summed E-state index contributed by atoms with van der Waals surface area (Å²) in [6.45, 7) is 11.2. The lowest BCUT2D eigenvalue weighted by molar-refractivity contribution is -0.325. The smallest absolute Gasteiger partial charge is 0.186 e. The van der Waals surface area contributed by atoms with E-state index >= 15 is 0 Å². The molecule has 0 N–H and O–H groups in total. The van der Waals surface area contributed by atoms with E-state index in [1.807, 2.05) is 29.2 Å². The number of hydrogen-bond donors (Lipinski definition) is 0. The van der Waals surface area contributed by atoms with Crippen LogP contribution in [-0.4, -0.2) is 35.7 Å². The lowest BCUT2D eigenvalue weighted by atomic mass is 9.69. The van der Waals surface area contributed by atoms with Crippen molar-refractivity contribution in [3.05, 3.63) is 48.5 Å². The van der Waals surface area contributed by atoms with Gasteiger partial charge in [-0.05, 0) is 36.0 Å². The van der Waals surface area contributed by atoms with E-state index in [4.69, 9.17) is 14.2 Å². The van der Waals surface area contributed by atoms with Gasteiger partial charge in [-0.15, -0.1) is 0 Å². The number of aryl methyl sites for hydroxylation is 1. The van der Waals surface area contributed by atoms with Gasteiger partial charge in [0, 0.05) is 24.2 Å². The average molecular weight is 387 g/mol. The number of rotatable bonds is 8. The first kappa shape index (κ1) is 20.9. The molecule has 3 rings (SSSR count). The van der Waals surface area contributed by atoms with Gasteiger partial charge in [-0.1, -0.05) is 39.8 Å². The average Bonchev–Trinajstić information content (AvgIpc) is 3.20. The number of aromatic nitrogens is 2. The minimum atomic E-state index is -0.631. The van der Waals surface area contributed by atoms with Gasteiger partial charge in [0.2, 0.25) is 0 Å². The molecule has 0 aliphatic carbocycles. The topological polar surface area (TPSA) is 45.5 Å². The second-order valence-electron chi connectivity index (χ2n) is 8.61. The number of hydrogen-bond acceptors (Lipinski definition) is 4. The van der Waals surface area contributed by atoms with Crippen LogP contribution in [0.5, 0.6) is 5.75 Å². The van der Waals surface area contributed by atoms with Crippen LogP contribution in [-0.2, 0) is 22.4 Å². The fourth-order valence-electron chi connectivity index (χ4n) is 4.05. The Morgan fingerprint density at radius 1 is 1.07 bits per heavy atom. The Labute approximate surface area is 169 Å². The summed E-state index contributed by atoms with van der Waals surface area (Å²) in [6.07, 6.45) is 7.27. The van der Waals surface area contributed by atoms with Crippen LogP contribution in [0.1, 0.15) is 39.7 Å². The van der Waals surface area contributed by atoms with Crippen molar-refractivity contribution in [3.63, 3.8) is 0 Å². The van der Waals surface area contributed by atoms with Gasteiger partial charge in [0.15, 0.2) is 5.79 Å². The Balaban J connectivity index is 1.75. The highest BCUT2D eigenvalue weighted by Gasteiger charge is 2.48. The summed E-state index contributed by atoms with van der Waals surface area (Å²) >= 11 is 0. The zero-order valence-electron chi connectivity index (χ0n) is 17.9. The first-order chi connectivity index (χ1) is 13.4. The first-order valence-electron chi connectivity index (χ1n) is 10.3. The predicted octanol–water partition coefficient (Wildman–Crippen LogP) is 4.57. The van der Waals surface area contributed by atoms with E-state index < -0.39 is 5.79 Å². The standard InChI is InChI=1S/C23H34N2O3/c1-18(2)22(19(3)4)15-27-23(28-16-22,14-25-13-12-24-17-25)11-10-20-6-8-21(26-5)9-7-20/h6-9,12-13,17-19H,10-11,14-16H2,1-5H3. The van der Waals surface area contributed by atoms with Gasteiger partial charge < -0.3 is 18.8 Å². The zero-order chi connectivity index (χ0) is 20.2. The third-order valence-electron chi connectivity index (χ3n) is 6.44. The molecule has 5 nitrogen and oxygen atoms in total. The molecule has 0 atom stereocenters. The first-order valence-corrected chi connectivity index (χ1v) is 10.3. The number of imidazole rings is 1. The Morgan fingerprint density at radius 3 is 2.21 bits per heavy atom. The maximum Gasteiger partial charge on any atom is 0.186 e. The SMILES string of the molecule is COc1ccc(CCC2(Cn3ccnc3)OCC(C(C)C)(C(C)C)CO2)cc1. The van der Waals surface area contributed by atoms with Gasteiger partial charge in [-0.25, -0.2) is 4.98 Å². The van der Waals surface area contributed by atoms with Crippen molar-refractivity contribution < 1.29 is 14.2 Å². The molecule has 2 aromatic rings. The van der Waals surface area contributed by atoms with Gasteiger partial charge >= 0.3 is 0 Å². The molecule has 1 aliphatic rings. The molecular weight excluding hydrogens is 352 g/mol. The fourth-order valence-corrected chi connectivity index (χ4v) is 4.05. The number of ether oxygens (including phenoxy) is 3. The molecule has 28 heavy (non-hydrogen) atoms. The van der Waals surface area contributed by atoms with E-state index in [0.717, 1.165) is 31.8 Å². The van der Waals surface area contributed by atoms with Gasteiger partial charge in [-0.2, -0.15) is 0 Å². The molecule has 2 heterocycles. The fraction of sp³-hybridized carbons (Fsp3) is 0.609. The maximum atomic E-state index is 6.55. The minimum absolute atomic E-state index is 0.0541. The monoisotopic (exact) mass is 386 g/mol. The van der Waals surface area contributed by atoms with Crippen LogP contribution in [0.25, 0.3) is 0 Å². The molecule has 5 heteroatoms. The molecule has 0 radical (unpaired) electrons. The molecule has 1 aromatic carbocycles. The zero-order valence-corrected chi connectivity index (χ0v) is 17.9. The van der Waals surface area contributed by atoms with E-state index in [1.54, 1.807) is 13.3 Å². The van der Waals surface area contributed by atoms with Crippen molar-refractivity contribution in [2.45, 2.75) is 52.9 Å². The highest BCUT2D eigenvalue weighted by molar-refractivity contribution is 5.27. The summed E-state index contributed by atoms with van der Waals surface area (Å²) in [4.78, 5) is 4.18. The van der Waals surface area contributed by atoms with Crippen molar-refractivity contribution in [1.82, 2.24) is 9.55 Å². The Kier molecular flexibility index (Phi) is 6.46. The van der Waals surface area contributed by atoms with Gasteiger partial charge in [0.05, 0.1) is 33.2 Å². The van der Waals surface area contributed by atoms with Crippen molar-refractivity contribution in [3.8, 4) is 5.75 Å². The van der Waals surface area contributed by atoms with Gasteiger partial charge in [0.1, 0.15) is 5.75 Å². The van der Waals surface area contributed by atoms with E-state index in [-0.39, 0.29) is 5.41 Å². The lowest BCUT2D eigenvalue weighted by Gasteiger charge is -2.50. The molecule has 154 valence electrons. The molecule has 0 bridgehead atoms. The summed E-state index contributed by atoms with van der Waals surface area (Å²) in [5.74, 6) is 1.25. The van der Waals surface area contributed by atoms with Crippen molar-refractivity contribution in [2.24, 2.45) is 17.3 Å². The second-order valence-corrected chi connectivity index (χ2v) is 8.61.